The highest BCUT2D eigenvalue weighted by atomic mass is 79.9. The third kappa shape index (κ3) is 0.743. The van der Waals surface area contributed by atoms with E-state index in [1.807, 2.05) is 0 Å². The Morgan fingerprint density at radius 3 is 3.40 bits per heavy atom. The minimum absolute atomic E-state index is 0.00972. The topological polar surface area (TPSA) is 17.3 Å². The van der Waals surface area contributed by atoms with Crippen LogP contribution in [0.2, 0.25) is 0 Å². The first-order valence-corrected chi connectivity index (χ1v) is 3.50. The van der Waals surface area contributed by atoms with Crippen LogP contribution in [-0.4, -0.2) is 9.38 Å². The first kappa shape index (κ1) is 3.53. The monoisotopic (exact) mass is 199 g/mol. The number of halogens is 1. The Morgan fingerprint density at radius 1 is 1.60 bits per heavy atom. The summed E-state index contributed by atoms with van der Waals surface area (Å²) in [6.07, 6.45) is 3.19. The first-order chi connectivity index (χ1) is 6.13. The van der Waals surface area contributed by atoms with E-state index >= 15 is 0 Å². The molecule has 0 aliphatic rings. The molecule has 0 aromatic carbocycles. The van der Waals surface area contributed by atoms with Crippen LogP contribution in [0.1, 0.15) is 4.11 Å². The van der Waals surface area contributed by atoms with Crippen LogP contribution in [0.5, 0.6) is 0 Å². The lowest BCUT2D eigenvalue weighted by atomic mass is 10.5. The summed E-state index contributed by atoms with van der Waals surface area (Å²) in [7, 11) is 0. The predicted octanol–water partition coefficient (Wildman–Crippen LogP) is 2.10. The van der Waals surface area contributed by atoms with Gasteiger partial charge in [-0.25, -0.2) is 4.98 Å². The van der Waals surface area contributed by atoms with Crippen molar-refractivity contribution >= 4 is 21.6 Å². The van der Waals surface area contributed by atoms with E-state index in [2.05, 4.69) is 20.9 Å². The maximum Gasteiger partial charge on any atom is 0.137 e. The van der Waals surface area contributed by atoms with Crippen LogP contribution < -0.4 is 0 Å². The highest BCUT2D eigenvalue weighted by Crippen LogP contribution is 2.10. The van der Waals surface area contributed by atoms with Gasteiger partial charge in [0.25, 0.3) is 0 Å². The molecule has 0 aliphatic heterocycles. The number of fused-ring (bicyclic) bond motifs is 1. The second-order valence-corrected chi connectivity index (χ2v) is 2.54. The van der Waals surface area contributed by atoms with Crippen LogP contribution in [0, 0.1) is 0 Å². The van der Waals surface area contributed by atoms with Crippen LogP contribution in [-0.2, 0) is 0 Å². The van der Waals surface area contributed by atoms with Crippen molar-refractivity contribution < 1.29 is 4.11 Å². The van der Waals surface area contributed by atoms with Crippen molar-refractivity contribution in [2.45, 2.75) is 0 Å². The number of imidazole rings is 1. The summed E-state index contributed by atoms with van der Waals surface area (Å²) in [4.78, 5) is 3.92. The van der Waals surface area contributed by atoms with Crippen molar-refractivity contribution in [2.75, 3.05) is 0 Å². The molecule has 0 aliphatic carbocycles. The summed E-state index contributed by atoms with van der Waals surface area (Å²) in [5, 5.41) is 0. The quantitative estimate of drug-likeness (QED) is 0.595. The molecule has 0 fully saturated rings. The van der Waals surface area contributed by atoms with Crippen LogP contribution in [0.3, 0.4) is 0 Å². The lowest BCUT2D eigenvalue weighted by Gasteiger charge is -1.93. The van der Waals surface area contributed by atoms with E-state index in [9.17, 15) is 0 Å². The number of hydrogen-bond acceptors (Lipinski definition) is 1. The van der Waals surface area contributed by atoms with Gasteiger partial charge in [-0.15, -0.1) is 0 Å². The normalized spacial score (nSPS) is 14.7. The zero-order valence-electron chi connectivity index (χ0n) is 7.93. The molecular weight excluding hydrogens is 192 g/mol. The molecule has 2 nitrogen and oxygen atoms in total. The minimum Gasteiger partial charge on any atom is -0.294 e. The average Bonchev–Trinajstić information content (AvgIpc) is 2.59. The van der Waals surface area contributed by atoms with Gasteiger partial charge in [0.1, 0.15) is 5.65 Å². The van der Waals surface area contributed by atoms with E-state index < -0.39 is 0 Å². The number of rotatable bonds is 0. The van der Waals surface area contributed by atoms with E-state index in [0.717, 1.165) is 0 Å². The predicted molar refractivity (Wildman–Crippen MR) is 42.9 cm³/mol. The van der Waals surface area contributed by atoms with E-state index in [-0.39, 0.29) is 18.1 Å². The Morgan fingerprint density at radius 2 is 2.50 bits per heavy atom. The molecule has 2 rings (SSSR count). The van der Waals surface area contributed by atoms with Crippen LogP contribution in [0.4, 0.5) is 0 Å². The Hall–Kier alpha value is -0.830. The summed E-state index contributed by atoms with van der Waals surface area (Å²) in [5.41, 5.74) is 0.396. The molecule has 0 N–H and O–H groups in total. The molecule has 2 heterocycles. The van der Waals surface area contributed by atoms with Crippen molar-refractivity contribution in [1.29, 1.82) is 0 Å². The van der Waals surface area contributed by atoms with Gasteiger partial charge in [0.15, 0.2) is 0 Å². The van der Waals surface area contributed by atoms with Gasteiger partial charge in [-0.2, -0.15) is 0 Å². The fraction of sp³-hybridized carbons (Fsp3) is 0. The molecule has 0 saturated heterocycles. The summed E-state index contributed by atoms with van der Waals surface area (Å²) in [5.74, 6) is 0. The maximum atomic E-state index is 7.53. The molecule has 0 amide bonds. The molecule has 0 saturated carbocycles. The Balaban J connectivity index is 3.02. The molecule has 0 spiro atoms. The van der Waals surface area contributed by atoms with Gasteiger partial charge in [-0.1, -0.05) is 6.04 Å². The highest BCUT2D eigenvalue weighted by Gasteiger charge is 1.93. The molecule has 0 bridgehead atoms. The van der Waals surface area contributed by atoms with E-state index in [1.165, 1.54) is 6.20 Å². The smallest absolute Gasteiger partial charge is 0.137 e. The summed E-state index contributed by atoms with van der Waals surface area (Å²) in [6.45, 7) is 0. The Labute approximate surface area is 70.9 Å². The number of nitrogens with zero attached hydrogens (tertiary/aromatic N) is 2. The molecular formula is C7H5BrN2. The van der Waals surface area contributed by atoms with Crippen molar-refractivity contribution in [1.82, 2.24) is 9.38 Å². The van der Waals surface area contributed by atoms with Crippen LogP contribution in [0.15, 0.2) is 35.1 Å². The van der Waals surface area contributed by atoms with Crippen molar-refractivity contribution in [3.63, 3.8) is 0 Å². The van der Waals surface area contributed by atoms with E-state index in [0.29, 0.717) is 10.3 Å². The molecule has 2 aromatic heterocycles. The zero-order valence-corrected chi connectivity index (χ0v) is 6.51. The molecule has 0 radical (unpaired) electrons. The van der Waals surface area contributed by atoms with Gasteiger partial charge in [-0.05, 0) is 28.0 Å². The van der Waals surface area contributed by atoms with Gasteiger partial charge >= 0.3 is 0 Å². The standard InChI is InChI=1S/C7H5BrN2/c8-6-2-1-3-7-9-4-5-10(6)7/h1-5H/i1D,2D,3D. The lowest BCUT2D eigenvalue weighted by molar-refractivity contribution is 1.14. The number of pyridine rings is 1. The number of aromatic nitrogens is 2. The third-order valence-corrected chi connectivity index (χ3v) is 1.77. The van der Waals surface area contributed by atoms with Crippen LogP contribution in [0.25, 0.3) is 5.65 Å². The Bertz CT molecular complexity index is 438. The fourth-order valence-electron chi connectivity index (χ4n) is 0.753. The van der Waals surface area contributed by atoms with E-state index in [1.54, 1.807) is 10.6 Å². The van der Waals surface area contributed by atoms with E-state index in [4.69, 9.17) is 4.11 Å². The van der Waals surface area contributed by atoms with Gasteiger partial charge in [0, 0.05) is 12.4 Å². The summed E-state index contributed by atoms with van der Waals surface area (Å²) < 4.78 is 24.5. The second kappa shape index (κ2) is 2.09. The first-order valence-electron chi connectivity index (χ1n) is 4.21. The number of hydrogen-bond donors (Lipinski definition) is 0. The SMILES string of the molecule is [2H]c1c([2H])c(Br)n2ccnc2c1[2H]. The average molecular weight is 200 g/mol. The third-order valence-electron chi connectivity index (χ3n) is 1.19. The zero-order chi connectivity index (χ0) is 9.59. The van der Waals surface area contributed by atoms with Crippen molar-refractivity contribution in [3.8, 4) is 0 Å². The Kier molecular flexibility index (Phi) is 0.738. The van der Waals surface area contributed by atoms with Crippen molar-refractivity contribution in [3.05, 3.63) is 35.1 Å². The molecule has 2 aromatic rings. The van der Waals surface area contributed by atoms with Gasteiger partial charge < -0.3 is 0 Å². The lowest BCUT2D eigenvalue weighted by Crippen LogP contribution is -1.82. The maximum absolute atomic E-state index is 7.53. The molecule has 3 heteroatoms. The van der Waals surface area contributed by atoms with Crippen LogP contribution >= 0.6 is 15.9 Å². The van der Waals surface area contributed by atoms with Gasteiger partial charge in [0.2, 0.25) is 0 Å². The fourth-order valence-corrected chi connectivity index (χ4v) is 1.14. The molecule has 10 heavy (non-hydrogen) atoms. The van der Waals surface area contributed by atoms with Gasteiger partial charge in [0.05, 0.1) is 8.72 Å². The second-order valence-electron chi connectivity index (χ2n) is 1.79. The molecule has 50 valence electrons. The van der Waals surface area contributed by atoms with Gasteiger partial charge in [-0.3, -0.25) is 4.40 Å². The molecule has 0 unspecified atom stereocenters. The largest absolute Gasteiger partial charge is 0.294 e. The highest BCUT2D eigenvalue weighted by molar-refractivity contribution is 9.10. The summed E-state index contributed by atoms with van der Waals surface area (Å²) >= 11 is 3.18. The minimum atomic E-state index is -0.106. The van der Waals surface area contributed by atoms with Crippen molar-refractivity contribution in [2.24, 2.45) is 0 Å². The summed E-state index contributed by atoms with van der Waals surface area (Å²) in [6, 6.07) is -0.112. The molecule has 0 atom stereocenters.